The van der Waals surface area contributed by atoms with Crippen molar-refractivity contribution in [2.75, 3.05) is 0 Å². The van der Waals surface area contributed by atoms with Gasteiger partial charge in [-0.1, -0.05) is 30.3 Å². The third-order valence-electron chi connectivity index (χ3n) is 4.17. The van der Waals surface area contributed by atoms with Crippen molar-refractivity contribution in [2.24, 2.45) is 0 Å². The molecule has 1 aromatic heterocycles. The van der Waals surface area contributed by atoms with Crippen molar-refractivity contribution in [1.82, 2.24) is 0 Å². The number of carbonyl (C=O) groups excluding carboxylic acids is 1. The zero-order chi connectivity index (χ0) is 16.0. The molecule has 1 aliphatic rings. The van der Waals surface area contributed by atoms with E-state index in [1.54, 1.807) is 6.07 Å². The molecule has 2 heterocycles. The molecule has 0 aliphatic carbocycles. The molecule has 114 valence electrons. The lowest BCUT2D eigenvalue weighted by Crippen LogP contribution is -2.21. The number of fused-ring (bicyclic) bond motifs is 3. The van der Waals surface area contributed by atoms with E-state index in [-0.39, 0.29) is 18.3 Å². The van der Waals surface area contributed by atoms with Crippen LogP contribution in [0.2, 0.25) is 0 Å². The van der Waals surface area contributed by atoms with E-state index in [4.69, 9.17) is 9.15 Å². The second kappa shape index (κ2) is 5.09. The predicted molar refractivity (Wildman–Crippen MR) is 86.0 cm³/mol. The highest BCUT2D eigenvalue weighted by molar-refractivity contribution is 6.09. The first-order valence-corrected chi connectivity index (χ1v) is 7.46. The highest BCUT2D eigenvalue weighted by Gasteiger charge is 2.30. The van der Waals surface area contributed by atoms with Crippen molar-refractivity contribution in [1.29, 1.82) is 0 Å². The van der Waals surface area contributed by atoms with Gasteiger partial charge in [0.15, 0.2) is 11.4 Å². The number of rotatable bonds is 1. The van der Waals surface area contributed by atoms with Crippen molar-refractivity contribution in [3.63, 3.8) is 0 Å². The zero-order valence-corrected chi connectivity index (χ0v) is 12.5. The molecular formula is C19H14O4. The number of hydrogen-bond donors (Lipinski definition) is 0. The summed E-state index contributed by atoms with van der Waals surface area (Å²) in [7, 11) is 0. The van der Waals surface area contributed by atoms with Crippen LogP contribution >= 0.6 is 0 Å². The molecule has 23 heavy (non-hydrogen) atoms. The van der Waals surface area contributed by atoms with Crippen LogP contribution in [-0.2, 0) is 0 Å². The molecule has 1 aliphatic heterocycles. The van der Waals surface area contributed by atoms with Crippen LogP contribution in [0.15, 0.2) is 57.7 Å². The molecule has 0 radical (unpaired) electrons. The Morgan fingerprint density at radius 2 is 1.83 bits per heavy atom. The van der Waals surface area contributed by atoms with Crippen molar-refractivity contribution in [3.05, 3.63) is 75.6 Å². The quantitative estimate of drug-likeness (QED) is 0.642. The van der Waals surface area contributed by atoms with Crippen LogP contribution in [0.5, 0.6) is 5.75 Å². The minimum atomic E-state index is -0.457. The van der Waals surface area contributed by atoms with Gasteiger partial charge >= 0.3 is 5.63 Å². The maximum atomic E-state index is 12.7. The summed E-state index contributed by atoms with van der Waals surface area (Å²) in [4.78, 5) is 24.3. The maximum Gasteiger partial charge on any atom is 0.336 e. The number of carbonyl (C=O) groups is 1. The molecule has 3 aromatic rings. The molecule has 0 spiro atoms. The van der Waals surface area contributed by atoms with E-state index in [9.17, 15) is 9.59 Å². The molecule has 0 amide bonds. The first-order chi connectivity index (χ1) is 11.1. The van der Waals surface area contributed by atoms with E-state index in [0.29, 0.717) is 16.9 Å². The largest absolute Gasteiger partial charge is 0.484 e. The summed E-state index contributed by atoms with van der Waals surface area (Å²) in [5, 5.41) is 0.762. The third kappa shape index (κ3) is 2.23. The van der Waals surface area contributed by atoms with Gasteiger partial charge in [0.1, 0.15) is 17.4 Å². The summed E-state index contributed by atoms with van der Waals surface area (Å²) in [6.07, 6.45) is -0.0847. The summed E-state index contributed by atoms with van der Waals surface area (Å²) >= 11 is 0. The average molecular weight is 306 g/mol. The average Bonchev–Trinajstić information content (AvgIpc) is 2.54. The second-order valence-corrected chi connectivity index (χ2v) is 5.71. The van der Waals surface area contributed by atoms with E-state index < -0.39 is 5.63 Å². The predicted octanol–water partition coefficient (Wildman–Crippen LogP) is 3.81. The summed E-state index contributed by atoms with van der Waals surface area (Å²) in [5.74, 6) is 0.399. The van der Waals surface area contributed by atoms with Crippen molar-refractivity contribution in [2.45, 2.75) is 19.4 Å². The smallest absolute Gasteiger partial charge is 0.336 e. The topological polar surface area (TPSA) is 56.5 Å². The lowest BCUT2D eigenvalue weighted by Gasteiger charge is -2.26. The fraction of sp³-hybridized carbons (Fsp3) is 0.158. The Labute approximate surface area is 132 Å². The molecule has 0 N–H and O–H groups in total. The van der Waals surface area contributed by atoms with E-state index >= 15 is 0 Å². The Morgan fingerprint density at radius 1 is 1.04 bits per heavy atom. The van der Waals surface area contributed by atoms with Gasteiger partial charge in [0.2, 0.25) is 0 Å². The fourth-order valence-electron chi connectivity index (χ4n) is 3.05. The van der Waals surface area contributed by atoms with Crippen LogP contribution in [0.3, 0.4) is 0 Å². The van der Waals surface area contributed by atoms with Gasteiger partial charge in [-0.2, -0.15) is 0 Å². The van der Waals surface area contributed by atoms with E-state index in [1.165, 1.54) is 6.07 Å². The van der Waals surface area contributed by atoms with Gasteiger partial charge in [-0.3, -0.25) is 4.79 Å². The van der Waals surface area contributed by atoms with Crippen LogP contribution in [0.1, 0.15) is 34.0 Å². The fourth-order valence-corrected chi connectivity index (χ4v) is 3.05. The zero-order valence-electron chi connectivity index (χ0n) is 12.5. The summed E-state index contributed by atoms with van der Waals surface area (Å²) in [5.41, 5.74) is 1.98. The minimum Gasteiger partial charge on any atom is -0.484 e. The highest BCUT2D eigenvalue weighted by atomic mass is 16.5. The number of aryl methyl sites for hydroxylation is 1. The molecule has 4 rings (SSSR count). The van der Waals surface area contributed by atoms with Crippen LogP contribution < -0.4 is 10.4 Å². The van der Waals surface area contributed by atoms with Crippen LogP contribution in [-0.4, -0.2) is 5.78 Å². The van der Waals surface area contributed by atoms with Gasteiger partial charge in [-0.15, -0.1) is 0 Å². The number of ether oxygens (including phenoxy) is 1. The van der Waals surface area contributed by atoms with E-state index in [1.807, 2.05) is 43.3 Å². The SMILES string of the molecule is Cc1cc(=O)oc2c3c(ccc12)OC(c1ccccc1)CC3=O. The van der Waals surface area contributed by atoms with Gasteiger partial charge in [0.05, 0.1) is 6.42 Å². The van der Waals surface area contributed by atoms with Crippen LogP contribution in [0.4, 0.5) is 0 Å². The molecule has 0 saturated carbocycles. The Bertz CT molecular complexity index is 970. The summed E-state index contributed by atoms with van der Waals surface area (Å²) in [6.45, 7) is 1.83. The van der Waals surface area contributed by atoms with Crippen LogP contribution in [0, 0.1) is 6.92 Å². The Balaban J connectivity index is 1.88. The molecule has 4 heteroatoms. The number of benzene rings is 2. The molecule has 4 nitrogen and oxygen atoms in total. The van der Waals surface area contributed by atoms with Crippen molar-refractivity contribution in [3.8, 4) is 5.75 Å². The molecule has 2 aromatic carbocycles. The van der Waals surface area contributed by atoms with Gasteiger partial charge in [0, 0.05) is 11.5 Å². The summed E-state index contributed by atoms with van der Waals surface area (Å²) in [6, 6.07) is 14.7. The molecule has 0 saturated heterocycles. The van der Waals surface area contributed by atoms with Gasteiger partial charge in [0.25, 0.3) is 0 Å². The first-order valence-electron chi connectivity index (χ1n) is 7.46. The number of Topliss-reactive ketones (excluding diaryl/α,β-unsaturated/α-hetero) is 1. The maximum absolute atomic E-state index is 12.7. The Morgan fingerprint density at radius 3 is 2.61 bits per heavy atom. The first kappa shape index (κ1) is 13.8. The van der Waals surface area contributed by atoms with E-state index in [0.717, 1.165) is 16.5 Å². The Hall–Kier alpha value is -2.88. The standard InChI is InChI=1S/C19H14O4/c1-11-9-17(21)23-19-13(11)7-8-15-18(19)14(20)10-16(22-15)12-5-3-2-4-6-12/h2-9,16H,10H2,1H3. The number of ketones is 1. The normalized spacial score (nSPS) is 16.9. The van der Waals surface area contributed by atoms with Gasteiger partial charge < -0.3 is 9.15 Å². The van der Waals surface area contributed by atoms with Gasteiger partial charge in [-0.05, 0) is 30.2 Å². The van der Waals surface area contributed by atoms with Crippen LogP contribution in [0.25, 0.3) is 11.0 Å². The van der Waals surface area contributed by atoms with Crippen molar-refractivity contribution < 1.29 is 13.9 Å². The lowest BCUT2D eigenvalue weighted by molar-refractivity contribution is 0.0851. The second-order valence-electron chi connectivity index (χ2n) is 5.71. The molecule has 1 unspecified atom stereocenters. The molecular weight excluding hydrogens is 292 g/mol. The Kier molecular flexibility index (Phi) is 3.05. The van der Waals surface area contributed by atoms with E-state index in [2.05, 4.69) is 0 Å². The highest BCUT2D eigenvalue weighted by Crippen LogP contribution is 2.38. The molecule has 1 atom stereocenters. The third-order valence-corrected chi connectivity index (χ3v) is 4.17. The van der Waals surface area contributed by atoms with Crippen molar-refractivity contribution >= 4 is 16.8 Å². The summed E-state index contributed by atoms with van der Waals surface area (Å²) < 4.78 is 11.3. The number of hydrogen-bond acceptors (Lipinski definition) is 4. The van der Waals surface area contributed by atoms with Gasteiger partial charge in [-0.25, -0.2) is 4.79 Å². The minimum absolute atomic E-state index is 0.0700. The lowest BCUT2D eigenvalue weighted by atomic mass is 9.94. The monoisotopic (exact) mass is 306 g/mol. The molecule has 0 bridgehead atoms. The molecule has 0 fully saturated rings.